The van der Waals surface area contributed by atoms with E-state index in [1.165, 1.54) is 38.1 Å². The van der Waals surface area contributed by atoms with Crippen molar-refractivity contribution < 1.29 is 8.78 Å². The molecule has 1 aliphatic rings. The number of likely N-dealkylation sites (tertiary alicyclic amines) is 1. The summed E-state index contributed by atoms with van der Waals surface area (Å²) < 4.78 is 26.4. The fourth-order valence-electron chi connectivity index (χ4n) is 2.62. The average molecular weight is 282 g/mol. The van der Waals surface area contributed by atoms with E-state index in [2.05, 4.69) is 17.1 Å². The average Bonchev–Trinajstić information content (AvgIpc) is 2.44. The molecule has 0 spiro atoms. The number of benzene rings is 1. The van der Waals surface area contributed by atoms with E-state index >= 15 is 0 Å². The van der Waals surface area contributed by atoms with Crippen LogP contribution < -0.4 is 5.32 Å². The second-order valence-electron chi connectivity index (χ2n) is 5.79. The molecule has 1 aliphatic heterocycles. The number of nitrogens with one attached hydrogen (secondary N) is 1. The first-order valence-corrected chi connectivity index (χ1v) is 7.52. The molecule has 1 heterocycles. The molecule has 2 nitrogen and oxygen atoms in total. The highest BCUT2D eigenvalue weighted by Crippen LogP contribution is 2.15. The van der Waals surface area contributed by atoms with E-state index in [9.17, 15) is 8.78 Å². The maximum Gasteiger partial charge on any atom is 0.127 e. The second-order valence-corrected chi connectivity index (χ2v) is 5.79. The van der Waals surface area contributed by atoms with Crippen LogP contribution in [0.3, 0.4) is 0 Å². The lowest BCUT2D eigenvalue weighted by Gasteiger charge is -2.30. The number of rotatable bonds is 6. The van der Waals surface area contributed by atoms with Gasteiger partial charge in [0.05, 0.1) is 0 Å². The highest BCUT2D eigenvalue weighted by molar-refractivity contribution is 5.18. The lowest BCUT2D eigenvalue weighted by molar-refractivity contribution is 0.190. The Kier molecular flexibility index (Phi) is 5.92. The van der Waals surface area contributed by atoms with Crippen molar-refractivity contribution in [2.75, 3.05) is 26.2 Å². The number of hydrogen-bond acceptors (Lipinski definition) is 2. The second kappa shape index (κ2) is 7.70. The maximum atomic E-state index is 13.4. The summed E-state index contributed by atoms with van der Waals surface area (Å²) >= 11 is 0. The Labute approximate surface area is 120 Å². The molecule has 1 aromatic rings. The van der Waals surface area contributed by atoms with Crippen LogP contribution in [0.5, 0.6) is 0 Å². The third kappa shape index (κ3) is 4.84. The molecule has 1 aromatic carbocycles. The maximum absolute atomic E-state index is 13.4. The van der Waals surface area contributed by atoms with Crippen LogP contribution in [0.25, 0.3) is 0 Å². The molecule has 0 aromatic heterocycles. The van der Waals surface area contributed by atoms with E-state index in [0.29, 0.717) is 12.1 Å². The van der Waals surface area contributed by atoms with Crippen LogP contribution in [-0.2, 0) is 6.54 Å². The third-order valence-corrected chi connectivity index (χ3v) is 4.03. The predicted molar refractivity (Wildman–Crippen MR) is 77.5 cm³/mol. The van der Waals surface area contributed by atoms with Crippen molar-refractivity contribution in [3.8, 4) is 0 Å². The summed E-state index contributed by atoms with van der Waals surface area (Å²) in [7, 11) is 0. The van der Waals surface area contributed by atoms with Gasteiger partial charge in [-0.1, -0.05) is 6.92 Å². The fraction of sp³-hybridized carbons (Fsp3) is 0.625. The zero-order valence-corrected chi connectivity index (χ0v) is 12.2. The monoisotopic (exact) mass is 282 g/mol. The Hall–Kier alpha value is -1.00. The van der Waals surface area contributed by atoms with Gasteiger partial charge in [0.25, 0.3) is 0 Å². The van der Waals surface area contributed by atoms with Gasteiger partial charge in [-0.05, 0) is 69.6 Å². The Bertz CT molecular complexity index is 415. The highest BCUT2D eigenvalue weighted by Gasteiger charge is 2.14. The molecule has 0 aliphatic carbocycles. The van der Waals surface area contributed by atoms with Crippen molar-refractivity contribution in [3.05, 3.63) is 35.4 Å². The van der Waals surface area contributed by atoms with Gasteiger partial charge in [0.15, 0.2) is 0 Å². The molecule has 0 atom stereocenters. The van der Waals surface area contributed by atoms with E-state index < -0.39 is 0 Å². The first kappa shape index (κ1) is 15.4. The standard InChI is InChI=1S/C16H24F2N2/c1-13-5-9-20(10-6-13)8-2-7-19-12-14-11-15(17)3-4-16(14)18/h3-4,11,13,19H,2,5-10,12H2,1H3. The minimum absolute atomic E-state index is 0.344. The van der Waals surface area contributed by atoms with E-state index in [1.807, 2.05) is 0 Å². The van der Waals surface area contributed by atoms with Crippen molar-refractivity contribution in [1.82, 2.24) is 10.2 Å². The van der Waals surface area contributed by atoms with Crippen LogP contribution in [0, 0.1) is 17.6 Å². The SMILES string of the molecule is CC1CCN(CCCNCc2cc(F)ccc2F)CC1. The van der Waals surface area contributed by atoms with Crippen molar-refractivity contribution in [2.45, 2.75) is 32.7 Å². The smallest absolute Gasteiger partial charge is 0.127 e. The van der Waals surface area contributed by atoms with Crippen molar-refractivity contribution in [2.24, 2.45) is 5.92 Å². The van der Waals surface area contributed by atoms with Gasteiger partial charge >= 0.3 is 0 Å². The van der Waals surface area contributed by atoms with E-state index in [4.69, 9.17) is 0 Å². The van der Waals surface area contributed by atoms with Crippen LogP contribution in [0.2, 0.25) is 0 Å². The van der Waals surface area contributed by atoms with Crippen LogP contribution >= 0.6 is 0 Å². The zero-order valence-electron chi connectivity index (χ0n) is 12.2. The Morgan fingerprint density at radius 3 is 2.75 bits per heavy atom. The normalized spacial score (nSPS) is 17.6. The van der Waals surface area contributed by atoms with Gasteiger partial charge in [0.2, 0.25) is 0 Å². The zero-order chi connectivity index (χ0) is 14.4. The minimum Gasteiger partial charge on any atom is -0.313 e. The van der Waals surface area contributed by atoms with E-state index in [1.54, 1.807) is 0 Å². The molecular weight excluding hydrogens is 258 g/mol. The molecule has 1 N–H and O–H groups in total. The molecule has 0 unspecified atom stereocenters. The molecule has 0 bridgehead atoms. The van der Waals surface area contributed by atoms with E-state index in [-0.39, 0.29) is 11.6 Å². The molecule has 4 heteroatoms. The summed E-state index contributed by atoms with van der Waals surface area (Å²) in [5.74, 6) is 0.134. The molecule has 0 radical (unpaired) electrons. The van der Waals surface area contributed by atoms with Crippen molar-refractivity contribution in [3.63, 3.8) is 0 Å². The first-order valence-electron chi connectivity index (χ1n) is 7.52. The molecule has 2 rings (SSSR count). The van der Waals surface area contributed by atoms with Crippen molar-refractivity contribution in [1.29, 1.82) is 0 Å². The fourth-order valence-corrected chi connectivity index (χ4v) is 2.62. The number of nitrogens with zero attached hydrogens (tertiary/aromatic N) is 1. The lowest BCUT2D eigenvalue weighted by Crippen LogP contribution is -2.34. The van der Waals surface area contributed by atoms with E-state index in [0.717, 1.165) is 31.5 Å². The number of hydrogen-bond donors (Lipinski definition) is 1. The summed E-state index contributed by atoms with van der Waals surface area (Å²) in [6, 6.07) is 3.59. The quantitative estimate of drug-likeness (QED) is 0.806. The Morgan fingerprint density at radius 1 is 1.25 bits per heavy atom. The summed E-state index contributed by atoms with van der Waals surface area (Å²) in [5.41, 5.74) is 0.400. The molecular formula is C16H24F2N2. The summed E-state index contributed by atoms with van der Waals surface area (Å²) in [4.78, 5) is 2.49. The van der Waals surface area contributed by atoms with Gasteiger partial charge in [-0.25, -0.2) is 8.78 Å². The summed E-state index contributed by atoms with van der Waals surface area (Å²) in [5, 5.41) is 3.18. The van der Waals surface area contributed by atoms with Crippen LogP contribution in [0.1, 0.15) is 31.7 Å². The number of piperidine rings is 1. The summed E-state index contributed by atoms with van der Waals surface area (Å²) in [6.45, 7) is 7.01. The van der Waals surface area contributed by atoms with Gasteiger partial charge in [-0.2, -0.15) is 0 Å². The van der Waals surface area contributed by atoms with Crippen LogP contribution in [-0.4, -0.2) is 31.1 Å². The molecule has 0 amide bonds. The summed E-state index contributed by atoms with van der Waals surface area (Å²) in [6.07, 6.45) is 3.63. The first-order chi connectivity index (χ1) is 9.65. The largest absolute Gasteiger partial charge is 0.313 e. The highest BCUT2D eigenvalue weighted by atomic mass is 19.1. The topological polar surface area (TPSA) is 15.3 Å². The third-order valence-electron chi connectivity index (χ3n) is 4.03. The van der Waals surface area contributed by atoms with Crippen LogP contribution in [0.15, 0.2) is 18.2 Å². The molecule has 1 saturated heterocycles. The predicted octanol–water partition coefficient (Wildman–Crippen LogP) is 3.18. The lowest BCUT2D eigenvalue weighted by atomic mass is 9.99. The molecule has 0 saturated carbocycles. The minimum atomic E-state index is -0.384. The Morgan fingerprint density at radius 2 is 2.00 bits per heavy atom. The van der Waals surface area contributed by atoms with Gasteiger partial charge in [0.1, 0.15) is 11.6 Å². The molecule has 20 heavy (non-hydrogen) atoms. The number of halogens is 2. The van der Waals surface area contributed by atoms with Crippen LogP contribution in [0.4, 0.5) is 8.78 Å². The van der Waals surface area contributed by atoms with Gasteiger partial charge in [-0.15, -0.1) is 0 Å². The molecule has 1 fully saturated rings. The van der Waals surface area contributed by atoms with Gasteiger partial charge < -0.3 is 10.2 Å². The van der Waals surface area contributed by atoms with Gasteiger partial charge in [-0.3, -0.25) is 0 Å². The Balaban J connectivity index is 1.61. The molecule has 112 valence electrons. The van der Waals surface area contributed by atoms with Gasteiger partial charge in [0, 0.05) is 12.1 Å². The van der Waals surface area contributed by atoms with Crippen molar-refractivity contribution >= 4 is 0 Å².